The van der Waals surface area contributed by atoms with Gasteiger partial charge in [-0.05, 0) is 48.2 Å². The van der Waals surface area contributed by atoms with Gasteiger partial charge in [-0.1, -0.05) is 67.9 Å². The van der Waals surface area contributed by atoms with Gasteiger partial charge in [-0.3, -0.25) is 9.59 Å². The van der Waals surface area contributed by atoms with Crippen LogP contribution in [0.1, 0.15) is 42.5 Å². The van der Waals surface area contributed by atoms with Gasteiger partial charge in [0.15, 0.2) is 0 Å². The number of hydrogen-bond donors (Lipinski definition) is 1. The van der Waals surface area contributed by atoms with E-state index in [1.165, 1.54) is 0 Å². The molecular formula is C30H31NO5. The van der Waals surface area contributed by atoms with E-state index in [4.69, 9.17) is 9.47 Å². The predicted octanol–water partition coefficient (Wildman–Crippen LogP) is 5.54. The molecule has 6 nitrogen and oxygen atoms in total. The van der Waals surface area contributed by atoms with E-state index < -0.39 is 17.7 Å². The normalized spacial score (nSPS) is 16.8. The first-order chi connectivity index (χ1) is 17.5. The minimum absolute atomic E-state index is 0.0731. The van der Waals surface area contributed by atoms with Crippen LogP contribution in [-0.2, 0) is 16.0 Å². The summed E-state index contributed by atoms with van der Waals surface area (Å²) in [5, 5.41) is 11.3. The van der Waals surface area contributed by atoms with Gasteiger partial charge >= 0.3 is 0 Å². The van der Waals surface area contributed by atoms with Gasteiger partial charge < -0.3 is 19.5 Å². The number of methoxy groups -OCH3 is 1. The average molecular weight is 486 g/mol. The number of ketones is 1. The van der Waals surface area contributed by atoms with E-state index in [2.05, 4.69) is 6.92 Å². The Bertz CT molecular complexity index is 1230. The Labute approximate surface area is 211 Å². The fraction of sp³-hybridized carbons (Fsp3) is 0.267. The molecule has 0 aliphatic carbocycles. The molecule has 1 N–H and O–H groups in total. The standard InChI is InChI=1S/C30H31NO5/c1-3-4-19-36-25-12-8-11-23(20-25)28(32)26-27(22-13-15-24(35-2)16-14-22)31(30(34)29(26)33)18-17-21-9-6-5-7-10-21/h5-16,20,27,32H,3-4,17-19H2,1-2H3/b28-26+. The molecule has 0 aromatic heterocycles. The van der Waals surface area contributed by atoms with E-state index in [0.717, 1.165) is 24.0 Å². The number of ether oxygens (including phenoxy) is 2. The van der Waals surface area contributed by atoms with E-state index in [1.807, 2.05) is 48.5 Å². The van der Waals surface area contributed by atoms with Gasteiger partial charge in [0.25, 0.3) is 11.7 Å². The SMILES string of the molecule is CCCCOc1cccc(/C(O)=C2\C(=O)C(=O)N(CCc3ccccc3)C2c2ccc(OC)cc2)c1. The number of nitrogens with zero attached hydrogens (tertiary/aromatic N) is 1. The number of hydrogen-bond acceptors (Lipinski definition) is 5. The maximum Gasteiger partial charge on any atom is 0.295 e. The van der Waals surface area contributed by atoms with Crippen LogP contribution in [0.3, 0.4) is 0 Å². The lowest BCUT2D eigenvalue weighted by atomic mass is 9.95. The Morgan fingerprint density at radius 1 is 0.944 bits per heavy atom. The topological polar surface area (TPSA) is 76.1 Å². The second kappa shape index (κ2) is 11.6. The number of amides is 1. The molecular weight excluding hydrogens is 454 g/mol. The van der Waals surface area contributed by atoms with Crippen molar-refractivity contribution < 1.29 is 24.2 Å². The minimum Gasteiger partial charge on any atom is -0.507 e. The molecule has 3 aromatic carbocycles. The zero-order chi connectivity index (χ0) is 25.5. The lowest BCUT2D eigenvalue weighted by Crippen LogP contribution is -2.31. The third kappa shape index (κ3) is 5.43. The molecule has 1 amide bonds. The quantitative estimate of drug-likeness (QED) is 0.177. The summed E-state index contributed by atoms with van der Waals surface area (Å²) >= 11 is 0. The molecule has 1 heterocycles. The molecule has 4 rings (SSSR count). The summed E-state index contributed by atoms with van der Waals surface area (Å²) in [5.74, 6) is -0.261. The number of likely N-dealkylation sites (tertiary alicyclic amines) is 1. The second-order valence-electron chi connectivity index (χ2n) is 8.73. The van der Waals surface area contributed by atoms with Crippen molar-refractivity contribution in [2.75, 3.05) is 20.3 Å². The van der Waals surface area contributed by atoms with Crippen LogP contribution in [0, 0.1) is 0 Å². The van der Waals surface area contributed by atoms with Crippen LogP contribution in [-0.4, -0.2) is 42.0 Å². The predicted molar refractivity (Wildman–Crippen MR) is 139 cm³/mol. The number of aliphatic hydroxyl groups excluding tert-OH is 1. The lowest BCUT2D eigenvalue weighted by molar-refractivity contribution is -0.139. The molecule has 1 aliphatic heterocycles. The summed E-state index contributed by atoms with van der Waals surface area (Å²) in [6, 6.07) is 23.3. The number of carbonyl (C=O) groups is 2. The first-order valence-corrected chi connectivity index (χ1v) is 12.2. The Morgan fingerprint density at radius 2 is 1.69 bits per heavy atom. The monoisotopic (exact) mass is 485 g/mol. The maximum atomic E-state index is 13.3. The number of benzene rings is 3. The van der Waals surface area contributed by atoms with Crippen molar-refractivity contribution in [3.63, 3.8) is 0 Å². The highest BCUT2D eigenvalue weighted by Gasteiger charge is 2.45. The average Bonchev–Trinajstić information content (AvgIpc) is 3.17. The van der Waals surface area contributed by atoms with Crippen molar-refractivity contribution in [1.82, 2.24) is 4.90 Å². The number of rotatable bonds is 10. The van der Waals surface area contributed by atoms with E-state index in [1.54, 1.807) is 42.3 Å². The number of unbranched alkanes of at least 4 members (excludes halogenated alkanes) is 1. The molecule has 0 saturated carbocycles. The number of carbonyl (C=O) groups excluding carboxylic acids is 2. The minimum atomic E-state index is -0.718. The van der Waals surface area contributed by atoms with Crippen molar-refractivity contribution in [2.45, 2.75) is 32.2 Å². The van der Waals surface area contributed by atoms with Crippen molar-refractivity contribution in [3.8, 4) is 11.5 Å². The van der Waals surface area contributed by atoms with Gasteiger partial charge in [-0.15, -0.1) is 0 Å². The van der Waals surface area contributed by atoms with Crippen molar-refractivity contribution in [3.05, 3.63) is 101 Å². The number of aliphatic hydroxyl groups is 1. The lowest BCUT2D eigenvalue weighted by Gasteiger charge is -2.25. The van der Waals surface area contributed by atoms with Crippen LogP contribution < -0.4 is 9.47 Å². The fourth-order valence-corrected chi connectivity index (χ4v) is 4.36. The molecule has 1 fully saturated rings. The molecule has 0 radical (unpaired) electrons. The first kappa shape index (κ1) is 25.0. The van der Waals surface area contributed by atoms with E-state index in [-0.39, 0.29) is 11.3 Å². The summed E-state index contributed by atoms with van der Waals surface area (Å²) in [7, 11) is 1.58. The van der Waals surface area contributed by atoms with Gasteiger partial charge in [0.1, 0.15) is 17.3 Å². The van der Waals surface area contributed by atoms with Gasteiger partial charge in [0.05, 0.1) is 25.3 Å². The van der Waals surface area contributed by atoms with Crippen molar-refractivity contribution in [2.24, 2.45) is 0 Å². The summed E-state index contributed by atoms with van der Waals surface area (Å²) in [4.78, 5) is 28.0. The largest absolute Gasteiger partial charge is 0.507 e. The first-order valence-electron chi connectivity index (χ1n) is 12.2. The van der Waals surface area contributed by atoms with Crippen LogP contribution in [0.5, 0.6) is 11.5 Å². The van der Waals surface area contributed by atoms with Crippen LogP contribution in [0.2, 0.25) is 0 Å². The van der Waals surface area contributed by atoms with Gasteiger partial charge in [-0.25, -0.2) is 0 Å². The molecule has 6 heteroatoms. The van der Waals surface area contributed by atoms with Crippen LogP contribution >= 0.6 is 0 Å². The van der Waals surface area contributed by atoms with Gasteiger partial charge in [-0.2, -0.15) is 0 Å². The highest BCUT2D eigenvalue weighted by molar-refractivity contribution is 6.46. The zero-order valence-electron chi connectivity index (χ0n) is 20.6. The molecule has 1 saturated heterocycles. The van der Waals surface area contributed by atoms with Crippen molar-refractivity contribution in [1.29, 1.82) is 0 Å². The van der Waals surface area contributed by atoms with E-state index in [9.17, 15) is 14.7 Å². The van der Waals surface area contributed by atoms with Gasteiger partial charge in [0.2, 0.25) is 0 Å². The summed E-state index contributed by atoms with van der Waals surface area (Å²) in [5.41, 5.74) is 2.29. The Kier molecular flexibility index (Phi) is 8.06. The molecule has 0 bridgehead atoms. The van der Waals surface area contributed by atoms with Crippen molar-refractivity contribution >= 4 is 17.4 Å². The van der Waals surface area contributed by atoms with Gasteiger partial charge in [0, 0.05) is 12.1 Å². The number of Topliss-reactive ketones (excluding diaryl/α,β-unsaturated/α-hetero) is 1. The smallest absolute Gasteiger partial charge is 0.295 e. The van der Waals surface area contributed by atoms with E-state index >= 15 is 0 Å². The Morgan fingerprint density at radius 3 is 2.39 bits per heavy atom. The van der Waals surface area contributed by atoms with E-state index in [0.29, 0.717) is 36.6 Å². The summed E-state index contributed by atoms with van der Waals surface area (Å²) < 4.78 is 11.1. The Hall–Kier alpha value is -4.06. The highest BCUT2D eigenvalue weighted by Crippen LogP contribution is 2.40. The molecule has 1 aliphatic rings. The molecule has 3 aromatic rings. The molecule has 36 heavy (non-hydrogen) atoms. The fourth-order valence-electron chi connectivity index (χ4n) is 4.36. The molecule has 186 valence electrons. The maximum absolute atomic E-state index is 13.3. The molecule has 1 unspecified atom stereocenters. The highest BCUT2D eigenvalue weighted by atomic mass is 16.5. The van der Waals surface area contributed by atoms with Crippen LogP contribution in [0.4, 0.5) is 0 Å². The summed E-state index contributed by atoms with van der Waals surface area (Å²) in [6.45, 7) is 2.99. The third-order valence-corrected chi connectivity index (χ3v) is 6.33. The van der Waals surface area contributed by atoms with Crippen LogP contribution in [0.25, 0.3) is 5.76 Å². The second-order valence-corrected chi connectivity index (χ2v) is 8.73. The Balaban J connectivity index is 1.73. The summed E-state index contributed by atoms with van der Waals surface area (Å²) in [6.07, 6.45) is 2.51. The molecule has 1 atom stereocenters. The van der Waals surface area contributed by atoms with Crippen LogP contribution in [0.15, 0.2) is 84.4 Å². The molecule has 0 spiro atoms. The zero-order valence-corrected chi connectivity index (χ0v) is 20.6. The third-order valence-electron chi connectivity index (χ3n) is 6.33.